The predicted molar refractivity (Wildman–Crippen MR) is 143 cm³/mol. The minimum Gasteiger partial charge on any atom is -0.453 e. The Kier molecular flexibility index (Phi) is 11.8. The molecule has 1 heterocycles. The lowest BCUT2D eigenvalue weighted by Crippen LogP contribution is -2.91. The summed E-state index contributed by atoms with van der Waals surface area (Å²) in [6, 6.07) is 15.1. The number of carbonyl (C=O) groups is 2. The summed E-state index contributed by atoms with van der Waals surface area (Å²) in [6.07, 6.45) is 1.28. The maximum Gasteiger partial charge on any atom is 0.406 e. The topological polar surface area (TPSA) is 102 Å². The smallest absolute Gasteiger partial charge is 0.406 e. The van der Waals surface area contributed by atoms with Crippen molar-refractivity contribution in [3.8, 4) is 0 Å². The number of halogens is 1. The van der Waals surface area contributed by atoms with Gasteiger partial charge in [-0.25, -0.2) is 9.59 Å². The van der Waals surface area contributed by atoms with E-state index >= 15 is 0 Å². The molecule has 2 aromatic rings. The molecule has 4 N–H and O–H groups in total. The Labute approximate surface area is 224 Å². The molecule has 37 heavy (non-hydrogen) atoms. The van der Waals surface area contributed by atoms with Gasteiger partial charge in [-0.15, -0.1) is 0 Å². The zero-order valence-electron chi connectivity index (χ0n) is 21.9. The summed E-state index contributed by atoms with van der Waals surface area (Å²) in [5.74, 6) is 0.883. The highest BCUT2D eigenvalue weighted by Crippen LogP contribution is 2.28. The Hall–Kier alpha value is -2.49. The van der Waals surface area contributed by atoms with Gasteiger partial charge in [0.25, 0.3) is 0 Å². The van der Waals surface area contributed by atoms with Gasteiger partial charge in [-0.05, 0) is 67.1 Å². The monoisotopic (exact) mass is 532 g/mol. The van der Waals surface area contributed by atoms with E-state index in [4.69, 9.17) is 21.1 Å². The highest BCUT2D eigenvalue weighted by Gasteiger charge is 2.29. The number of hydrogen-bond acceptors (Lipinski definition) is 6. The summed E-state index contributed by atoms with van der Waals surface area (Å²) in [6.45, 7) is 5.05. The van der Waals surface area contributed by atoms with Crippen molar-refractivity contribution in [2.24, 2.45) is 11.8 Å². The predicted octanol–water partition coefficient (Wildman–Crippen LogP) is 3.16. The van der Waals surface area contributed by atoms with Crippen molar-refractivity contribution in [3.05, 3.63) is 70.2 Å². The summed E-state index contributed by atoms with van der Waals surface area (Å²) in [5.41, 5.74) is 2.29. The fraction of sp³-hybridized carbons (Fsp3) is 0.500. The van der Waals surface area contributed by atoms with Crippen LogP contribution in [0.5, 0.6) is 0 Å². The Balaban J connectivity index is 1.69. The first-order valence-electron chi connectivity index (χ1n) is 12.8. The Morgan fingerprint density at radius 1 is 1.19 bits per heavy atom. The van der Waals surface area contributed by atoms with E-state index < -0.39 is 12.2 Å². The molecule has 4 atom stereocenters. The van der Waals surface area contributed by atoms with Gasteiger partial charge in [-0.1, -0.05) is 42.8 Å². The quantitative estimate of drug-likeness (QED) is 0.363. The highest BCUT2D eigenvalue weighted by molar-refractivity contribution is 6.30. The molecule has 1 unspecified atom stereocenters. The lowest BCUT2D eigenvalue weighted by atomic mass is 9.84. The molecule has 1 aliphatic heterocycles. The maximum absolute atomic E-state index is 13.2. The van der Waals surface area contributed by atoms with Crippen molar-refractivity contribution >= 4 is 23.6 Å². The Bertz CT molecular complexity index is 1010. The van der Waals surface area contributed by atoms with Gasteiger partial charge in [-0.2, -0.15) is 0 Å². The van der Waals surface area contributed by atoms with Gasteiger partial charge in [0.1, 0.15) is 6.10 Å². The lowest BCUT2D eigenvalue weighted by Gasteiger charge is -2.32. The Morgan fingerprint density at radius 3 is 2.62 bits per heavy atom. The molecule has 9 heteroatoms. The normalized spacial score (nSPS) is 18.0. The second kappa shape index (κ2) is 15.1. The third-order valence-corrected chi connectivity index (χ3v) is 7.20. The van der Waals surface area contributed by atoms with Crippen molar-refractivity contribution in [2.45, 2.75) is 31.9 Å². The fourth-order valence-electron chi connectivity index (χ4n) is 4.77. The number of amides is 2. The summed E-state index contributed by atoms with van der Waals surface area (Å²) in [5, 5.41) is 8.37. The van der Waals surface area contributed by atoms with Crippen LogP contribution in [0.1, 0.15) is 47.4 Å². The van der Waals surface area contributed by atoms with Crippen LogP contribution in [-0.4, -0.2) is 65.1 Å². The van der Waals surface area contributed by atoms with E-state index in [1.54, 1.807) is 11.4 Å². The van der Waals surface area contributed by atoms with Gasteiger partial charge in [0, 0.05) is 24.8 Å². The van der Waals surface area contributed by atoms with Gasteiger partial charge in [0.2, 0.25) is 0 Å². The molecule has 3 rings (SSSR count). The first kappa shape index (κ1) is 29.1. The standard InChI is InChI=1S/C28H38ClN3O5/c1-19(23-10-6-13-36-18-23)25(30-2)17-32-27(33)22-9-4-7-20(15-22)26(21-8-5-11-24(29)16-21)37-14-12-31-28(34)35-3/h4-5,7-9,11,15-16,19,23,25-26,30H,6,10,12-14,17-18H2,1-3H3,(H,31,34)(H,32,33)/p+1/t19-,23+,25-,26?/m1/s1. The minimum atomic E-state index is -0.517. The van der Waals surface area contributed by atoms with E-state index in [9.17, 15) is 9.59 Å². The van der Waals surface area contributed by atoms with Crippen LogP contribution in [0, 0.1) is 11.8 Å². The number of methoxy groups -OCH3 is 1. The molecule has 1 saturated heterocycles. The van der Waals surface area contributed by atoms with E-state index in [0.717, 1.165) is 37.2 Å². The molecular weight excluding hydrogens is 494 g/mol. The molecule has 0 saturated carbocycles. The number of nitrogens with one attached hydrogen (secondary N) is 2. The average Bonchev–Trinajstić information content (AvgIpc) is 2.93. The number of rotatable bonds is 12. The SMILES string of the molecule is CN[C@H](C[NH2+]C(=O)c1cccc(C(OCCNC(=O)OC)c2cccc(Cl)c2)c1)[C@H](C)[C@H]1CCCOC1. The van der Waals surface area contributed by atoms with Crippen LogP contribution in [0.25, 0.3) is 0 Å². The van der Waals surface area contributed by atoms with E-state index in [1.807, 2.05) is 49.5 Å². The fourth-order valence-corrected chi connectivity index (χ4v) is 4.97. The van der Waals surface area contributed by atoms with Crippen molar-refractivity contribution < 1.29 is 29.1 Å². The highest BCUT2D eigenvalue weighted by atomic mass is 35.5. The van der Waals surface area contributed by atoms with Crippen LogP contribution < -0.4 is 16.0 Å². The molecule has 1 aliphatic rings. The molecule has 2 aromatic carbocycles. The molecule has 2 amide bonds. The number of likely N-dealkylation sites (N-methyl/N-ethyl adjacent to an activating group) is 1. The molecule has 0 bridgehead atoms. The number of quaternary nitrogens is 1. The van der Waals surface area contributed by atoms with E-state index in [-0.39, 0.29) is 25.1 Å². The largest absolute Gasteiger partial charge is 0.453 e. The molecule has 0 aromatic heterocycles. The minimum absolute atomic E-state index is 0.0219. The number of carbonyl (C=O) groups excluding carboxylic acids is 2. The molecule has 0 radical (unpaired) electrons. The van der Waals surface area contributed by atoms with Gasteiger partial charge < -0.3 is 24.8 Å². The third kappa shape index (κ3) is 8.79. The summed E-state index contributed by atoms with van der Waals surface area (Å²) in [7, 11) is 3.26. The van der Waals surface area contributed by atoms with Gasteiger partial charge in [0.15, 0.2) is 0 Å². The number of benzene rings is 2. The van der Waals surface area contributed by atoms with Crippen molar-refractivity contribution in [1.29, 1.82) is 0 Å². The zero-order chi connectivity index (χ0) is 26.6. The molecule has 202 valence electrons. The van der Waals surface area contributed by atoms with Gasteiger partial charge in [0.05, 0.1) is 31.9 Å². The zero-order valence-corrected chi connectivity index (χ0v) is 22.6. The number of alkyl carbamates (subject to hydrolysis) is 1. The van der Waals surface area contributed by atoms with Crippen molar-refractivity contribution in [1.82, 2.24) is 10.6 Å². The summed E-state index contributed by atoms with van der Waals surface area (Å²) in [4.78, 5) is 24.5. The van der Waals surface area contributed by atoms with E-state index in [0.29, 0.717) is 29.0 Å². The third-order valence-electron chi connectivity index (χ3n) is 6.97. The number of ether oxygens (including phenoxy) is 3. The summed E-state index contributed by atoms with van der Waals surface area (Å²) >= 11 is 6.24. The molecule has 8 nitrogen and oxygen atoms in total. The Morgan fingerprint density at radius 2 is 1.95 bits per heavy atom. The number of primary amides is 1. The maximum atomic E-state index is 13.2. The second-order valence-corrected chi connectivity index (χ2v) is 9.82. The second-order valence-electron chi connectivity index (χ2n) is 9.39. The van der Waals surface area contributed by atoms with Crippen LogP contribution in [0.15, 0.2) is 48.5 Å². The van der Waals surface area contributed by atoms with Gasteiger partial charge in [-0.3, -0.25) is 5.32 Å². The number of hydrogen-bond donors (Lipinski definition) is 3. The van der Waals surface area contributed by atoms with E-state index in [1.165, 1.54) is 7.11 Å². The number of nitrogens with two attached hydrogens (primary N) is 1. The van der Waals surface area contributed by atoms with Crippen molar-refractivity contribution in [2.75, 3.05) is 47.1 Å². The molecule has 0 aliphatic carbocycles. The first-order chi connectivity index (χ1) is 17.9. The average molecular weight is 533 g/mol. The first-order valence-corrected chi connectivity index (χ1v) is 13.2. The molecule has 1 fully saturated rings. The molecular formula is C28H39ClN3O5+. The van der Waals surface area contributed by atoms with Crippen LogP contribution in [0.2, 0.25) is 5.02 Å². The lowest BCUT2D eigenvalue weighted by molar-refractivity contribution is -0.559. The van der Waals surface area contributed by atoms with Gasteiger partial charge >= 0.3 is 12.0 Å². The van der Waals surface area contributed by atoms with E-state index in [2.05, 4.69) is 22.3 Å². The molecule has 0 spiro atoms. The van der Waals surface area contributed by atoms with Crippen LogP contribution in [0.3, 0.4) is 0 Å². The van der Waals surface area contributed by atoms with Crippen LogP contribution >= 0.6 is 11.6 Å². The van der Waals surface area contributed by atoms with Crippen LogP contribution in [-0.2, 0) is 14.2 Å². The van der Waals surface area contributed by atoms with Crippen LogP contribution in [0.4, 0.5) is 4.79 Å². The van der Waals surface area contributed by atoms with Crippen molar-refractivity contribution in [3.63, 3.8) is 0 Å². The summed E-state index contributed by atoms with van der Waals surface area (Å²) < 4.78 is 16.4.